The van der Waals surface area contributed by atoms with Gasteiger partial charge in [-0.25, -0.2) is 0 Å². The van der Waals surface area contributed by atoms with E-state index in [1.807, 2.05) is 0 Å². The van der Waals surface area contributed by atoms with Crippen molar-refractivity contribution in [3.05, 3.63) is 6.92 Å². The first-order valence-electron chi connectivity index (χ1n) is 1.77. The van der Waals surface area contributed by atoms with E-state index in [0.29, 0.717) is 6.61 Å². The average Bonchev–Trinajstić information content (AvgIpc) is 1.35. The molecule has 2 nitrogen and oxygen atoms in total. The smallest absolute Gasteiger partial charge is 0.423 e. The molecular weight excluding hydrogens is 169 g/mol. The number of rotatable bonds is 2. The van der Waals surface area contributed by atoms with Gasteiger partial charge in [-0.2, -0.15) is 0 Å². The standard InChI is InChI=1S/C4H9O2.Y/c1-4(5)3-6-2;/h4-5H,1,3H2,2H3;/q-1;+3. The van der Waals surface area contributed by atoms with E-state index in [4.69, 9.17) is 5.11 Å². The topological polar surface area (TPSA) is 29.5 Å². The van der Waals surface area contributed by atoms with Crippen LogP contribution in [-0.2, 0) is 37.4 Å². The number of hydrogen-bond donors (Lipinski definition) is 1. The van der Waals surface area contributed by atoms with Crippen LogP contribution in [0.2, 0.25) is 0 Å². The second kappa shape index (κ2) is 7.02. The van der Waals surface area contributed by atoms with Gasteiger partial charge in [0.1, 0.15) is 0 Å². The predicted octanol–water partition coefficient (Wildman–Crippen LogP) is -0.175. The Balaban J connectivity index is 0. The van der Waals surface area contributed by atoms with Gasteiger partial charge in [0.2, 0.25) is 0 Å². The minimum Gasteiger partial charge on any atom is -0.423 e. The largest absolute Gasteiger partial charge is 3.00 e. The van der Waals surface area contributed by atoms with Crippen LogP contribution in [0.1, 0.15) is 0 Å². The molecule has 0 aromatic heterocycles. The van der Waals surface area contributed by atoms with Crippen LogP contribution in [0.25, 0.3) is 0 Å². The van der Waals surface area contributed by atoms with Crippen molar-refractivity contribution in [1.29, 1.82) is 0 Å². The summed E-state index contributed by atoms with van der Waals surface area (Å²) in [7, 11) is 1.52. The Labute approximate surface area is 69.1 Å². The van der Waals surface area contributed by atoms with Gasteiger partial charge in [-0.1, -0.05) is 0 Å². The summed E-state index contributed by atoms with van der Waals surface area (Å²) in [5.74, 6) is 0. The van der Waals surface area contributed by atoms with Gasteiger partial charge in [0.05, 0.1) is 0 Å². The first-order valence-corrected chi connectivity index (χ1v) is 1.77. The maximum absolute atomic E-state index is 8.32. The third kappa shape index (κ3) is 10.9. The van der Waals surface area contributed by atoms with Gasteiger partial charge in [0.15, 0.2) is 0 Å². The van der Waals surface area contributed by atoms with Gasteiger partial charge in [0, 0.05) is 13.7 Å². The van der Waals surface area contributed by atoms with Crippen LogP contribution < -0.4 is 0 Å². The van der Waals surface area contributed by atoms with Crippen LogP contribution in [0.5, 0.6) is 0 Å². The van der Waals surface area contributed by atoms with Crippen molar-refractivity contribution < 1.29 is 42.6 Å². The van der Waals surface area contributed by atoms with Crippen molar-refractivity contribution in [3.63, 3.8) is 0 Å². The minimum atomic E-state index is -0.574. The van der Waals surface area contributed by atoms with Gasteiger partial charge >= 0.3 is 32.7 Å². The van der Waals surface area contributed by atoms with Gasteiger partial charge in [-0.05, 0) is 6.10 Å². The summed E-state index contributed by atoms with van der Waals surface area (Å²) in [5, 5.41) is 8.32. The van der Waals surface area contributed by atoms with Crippen molar-refractivity contribution in [2.75, 3.05) is 13.7 Å². The number of hydrogen-bond acceptors (Lipinski definition) is 2. The van der Waals surface area contributed by atoms with Crippen molar-refractivity contribution in [1.82, 2.24) is 0 Å². The normalized spacial score (nSPS) is 12.4. The summed E-state index contributed by atoms with van der Waals surface area (Å²) in [6.45, 7) is 3.58. The van der Waals surface area contributed by atoms with E-state index in [9.17, 15) is 0 Å². The van der Waals surface area contributed by atoms with E-state index in [0.717, 1.165) is 0 Å². The maximum Gasteiger partial charge on any atom is 3.00 e. The Morgan fingerprint density at radius 3 is 2.29 bits per heavy atom. The molecule has 0 aliphatic rings. The van der Waals surface area contributed by atoms with Crippen molar-refractivity contribution >= 4 is 0 Å². The van der Waals surface area contributed by atoms with Crippen molar-refractivity contribution in [3.8, 4) is 0 Å². The molecule has 3 heteroatoms. The first kappa shape index (κ1) is 10.9. The summed E-state index contributed by atoms with van der Waals surface area (Å²) in [5.41, 5.74) is 0. The third-order valence-corrected chi connectivity index (χ3v) is 0.359. The van der Waals surface area contributed by atoms with Crippen LogP contribution in [0.15, 0.2) is 0 Å². The third-order valence-electron chi connectivity index (χ3n) is 0.359. The molecular formula is C4H9O2Y+2. The van der Waals surface area contributed by atoms with Crippen LogP contribution in [0.3, 0.4) is 0 Å². The Hall–Kier alpha value is 1.02. The molecule has 0 rings (SSSR count). The van der Waals surface area contributed by atoms with Crippen LogP contribution in [0, 0.1) is 6.92 Å². The number of methoxy groups -OCH3 is 1. The molecule has 0 saturated carbocycles. The molecule has 0 bridgehead atoms. The Kier molecular flexibility index (Phi) is 10.9. The second-order valence-corrected chi connectivity index (χ2v) is 1.11. The molecule has 0 radical (unpaired) electrons. The maximum atomic E-state index is 8.32. The zero-order valence-corrected chi connectivity index (χ0v) is 7.26. The van der Waals surface area contributed by atoms with Crippen LogP contribution in [0.4, 0.5) is 0 Å². The fourth-order valence-electron chi connectivity index (χ4n) is 0.192. The Bertz CT molecular complexity index is 30.9. The fraction of sp³-hybridized carbons (Fsp3) is 0.750. The molecule has 0 heterocycles. The zero-order valence-electron chi connectivity index (χ0n) is 4.42. The average molecular weight is 178 g/mol. The van der Waals surface area contributed by atoms with E-state index < -0.39 is 6.10 Å². The zero-order chi connectivity index (χ0) is 4.99. The Morgan fingerprint density at radius 1 is 1.86 bits per heavy atom. The van der Waals surface area contributed by atoms with E-state index in [2.05, 4.69) is 11.7 Å². The molecule has 1 unspecified atom stereocenters. The number of aliphatic hydroxyl groups excluding tert-OH is 1. The predicted molar refractivity (Wildman–Crippen MR) is 23.2 cm³/mol. The molecule has 1 N–H and O–H groups in total. The summed E-state index contributed by atoms with van der Waals surface area (Å²) in [4.78, 5) is 0. The quantitative estimate of drug-likeness (QED) is 0.594. The van der Waals surface area contributed by atoms with E-state index >= 15 is 0 Å². The molecule has 1 atom stereocenters. The molecule has 38 valence electrons. The second-order valence-electron chi connectivity index (χ2n) is 1.11. The van der Waals surface area contributed by atoms with Crippen LogP contribution in [-0.4, -0.2) is 24.9 Å². The van der Waals surface area contributed by atoms with Crippen molar-refractivity contribution in [2.45, 2.75) is 6.10 Å². The molecule has 7 heavy (non-hydrogen) atoms. The molecule has 0 saturated heterocycles. The molecule has 0 amide bonds. The van der Waals surface area contributed by atoms with Crippen molar-refractivity contribution in [2.24, 2.45) is 0 Å². The van der Waals surface area contributed by atoms with E-state index in [-0.39, 0.29) is 32.7 Å². The van der Waals surface area contributed by atoms with E-state index in [1.165, 1.54) is 7.11 Å². The fourth-order valence-corrected chi connectivity index (χ4v) is 0.192. The summed E-state index contributed by atoms with van der Waals surface area (Å²) in [6, 6.07) is 0. The van der Waals surface area contributed by atoms with Crippen LogP contribution >= 0.6 is 0 Å². The van der Waals surface area contributed by atoms with Gasteiger partial charge in [-0.15, -0.1) is 0 Å². The van der Waals surface area contributed by atoms with Gasteiger partial charge < -0.3 is 16.8 Å². The molecule has 0 aromatic rings. The SMILES string of the molecule is [CH2-]C(O)COC.[Y+3]. The van der Waals surface area contributed by atoms with E-state index in [1.54, 1.807) is 0 Å². The molecule has 0 spiro atoms. The van der Waals surface area contributed by atoms with Gasteiger partial charge in [-0.3, -0.25) is 0 Å². The Morgan fingerprint density at radius 2 is 2.29 bits per heavy atom. The first-order chi connectivity index (χ1) is 2.77. The van der Waals surface area contributed by atoms with Gasteiger partial charge in [0.25, 0.3) is 0 Å². The number of ether oxygens (including phenoxy) is 1. The molecule has 0 aliphatic carbocycles. The molecule has 0 fully saturated rings. The summed E-state index contributed by atoms with van der Waals surface area (Å²) < 4.78 is 4.49. The minimum absolute atomic E-state index is 0. The summed E-state index contributed by atoms with van der Waals surface area (Å²) in [6.07, 6.45) is -0.574. The molecule has 0 aromatic carbocycles. The monoisotopic (exact) mass is 178 g/mol. The number of aliphatic hydroxyl groups is 1. The summed E-state index contributed by atoms with van der Waals surface area (Å²) >= 11 is 0. The molecule has 0 aliphatic heterocycles.